The molecule has 2 unspecified atom stereocenters. The van der Waals surface area contributed by atoms with E-state index >= 15 is 0 Å². The molecular weight excluding hydrogens is 356 g/mol. The van der Waals surface area contributed by atoms with Crippen molar-refractivity contribution in [2.45, 2.75) is 25.8 Å². The molecule has 1 aromatic heterocycles. The quantitative estimate of drug-likeness (QED) is 0.858. The Morgan fingerprint density at radius 2 is 2.07 bits per heavy atom. The number of aromatic nitrogens is 1. The highest BCUT2D eigenvalue weighted by Crippen LogP contribution is 2.32. The molecule has 3 heterocycles. The van der Waals surface area contributed by atoms with Gasteiger partial charge in [-0.1, -0.05) is 24.3 Å². The van der Waals surface area contributed by atoms with Crippen LogP contribution in [0.2, 0.25) is 0 Å². The van der Waals surface area contributed by atoms with E-state index in [-0.39, 0.29) is 23.9 Å². The van der Waals surface area contributed by atoms with Gasteiger partial charge in [-0.15, -0.1) is 0 Å². The van der Waals surface area contributed by atoms with Gasteiger partial charge in [-0.3, -0.25) is 4.79 Å². The lowest BCUT2D eigenvalue weighted by Crippen LogP contribution is -2.48. The number of carbonyl (C=O) groups is 2. The average Bonchev–Trinajstić information content (AvgIpc) is 3.13. The number of ether oxygens (including phenoxy) is 1. The molecule has 0 aliphatic carbocycles. The SMILES string of the molecule is Cc1cccnc1NC(=O)C1CCCN(C(=O)NC2COc3ccccc32)C1. The molecule has 7 heteroatoms. The minimum Gasteiger partial charge on any atom is -0.491 e. The van der Waals surface area contributed by atoms with Gasteiger partial charge in [0.25, 0.3) is 0 Å². The third kappa shape index (κ3) is 3.78. The van der Waals surface area contributed by atoms with Crippen LogP contribution in [-0.4, -0.2) is 41.5 Å². The fourth-order valence-electron chi connectivity index (χ4n) is 3.73. The van der Waals surface area contributed by atoms with Crippen LogP contribution in [-0.2, 0) is 4.79 Å². The summed E-state index contributed by atoms with van der Waals surface area (Å²) in [5.74, 6) is 1.06. The minimum atomic E-state index is -0.243. The Labute approximate surface area is 164 Å². The maximum Gasteiger partial charge on any atom is 0.318 e. The molecular formula is C21H24N4O3. The van der Waals surface area contributed by atoms with E-state index in [0.29, 0.717) is 25.5 Å². The van der Waals surface area contributed by atoms with Crippen LogP contribution in [0.5, 0.6) is 5.75 Å². The highest BCUT2D eigenvalue weighted by atomic mass is 16.5. The Kier molecular flexibility index (Phi) is 5.14. The molecule has 2 N–H and O–H groups in total. The molecule has 146 valence electrons. The lowest BCUT2D eigenvalue weighted by atomic mass is 9.97. The summed E-state index contributed by atoms with van der Waals surface area (Å²) in [7, 11) is 0. The summed E-state index contributed by atoms with van der Waals surface area (Å²) in [5, 5.41) is 5.94. The number of pyridine rings is 1. The van der Waals surface area contributed by atoms with Crippen molar-refractivity contribution in [2.75, 3.05) is 25.0 Å². The van der Waals surface area contributed by atoms with E-state index in [1.165, 1.54) is 0 Å². The number of hydrogen-bond acceptors (Lipinski definition) is 4. The molecule has 2 aromatic rings. The second-order valence-corrected chi connectivity index (χ2v) is 7.29. The van der Waals surface area contributed by atoms with Crippen LogP contribution >= 0.6 is 0 Å². The molecule has 1 aromatic carbocycles. The van der Waals surface area contributed by atoms with Crippen LogP contribution in [0.4, 0.5) is 10.6 Å². The maximum atomic E-state index is 12.8. The molecule has 1 saturated heterocycles. The molecule has 28 heavy (non-hydrogen) atoms. The van der Waals surface area contributed by atoms with E-state index in [4.69, 9.17) is 4.74 Å². The number of nitrogens with zero attached hydrogens (tertiary/aromatic N) is 2. The van der Waals surface area contributed by atoms with Gasteiger partial charge in [0.05, 0.1) is 12.0 Å². The van der Waals surface area contributed by atoms with Crippen LogP contribution < -0.4 is 15.4 Å². The zero-order valence-corrected chi connectivity index (χ0v) is 15.9. The van der Waals surface area contributed by atoms with Crippen LogP contribution in [0.1, 0.15) is 30.0 Å². The molecule has 4 rings (SSSR count). The first kappa shape index (κ1) is 18.3. The summed E-state index contributed by atoms with van der Waals surface area (Å²) in [6, 6.07) is 11.2. The van der Waals surface area contributed by atoms with E-state index in [9.17, 15) is 9.59 Å². The Bertz CT molecular complexity index is 885. The number of fused-ring (bicyclic) bond motifs is 1. The van der Waals surface area contributed by atoms with E-state index in [0.717, 1.165) is 29.7 Å². The molecule has 2 aliphatic heterocycles. The first-order valence-corrected chi connectivity index (χ1v) is 9.61. The lowest BCUT2D eigenvalue weighted by Gasteiger charge is -2.32. The number of para-hydroxylation sites is 1. The van der Waals surface area contributed by atoms with Crippen LogP contribution in [0.3, 0.4) is 0 Å². The van der Waals surface area contributed by atoms with Gasteiger partial charge in [-0.25, -0.2) is 9.78 Å². The molecule has 1 fully saturated rings. The van der Waals surface area contributed by atoms with Gasteiger partial charge in [0.1, 0.15) is 18.2 Å². The van der Waals surface area contributed by atoms with Crippen LogP contribution in [0.15, 0.2) is 42.6 Å². The molecule has 3 amide bonds. The van der Waals surface area contributed by atoms with E-state index in [2.05, 4.69) is 15.6 Å². The summed E-state index contributed by atoms with van der Waals surface area (Å²) in [6.45, 7) is 3.39. The highest BCUT2D eigenvalue weighted by Gasteiger charge is 2.31. The summed E-state index contributed by atoms with van der Waals surface area (Å²) >= 11 is 0. The number of aryl methyl sites for hydroxylation is 1. The monoisotopic (exact) mass is 380 g/mol. The van der Waals surface area contributed by atoms with Gasteiger partial charge in [0.2, 0.25) is 5.91 Å². The Balaban J connectivity index is 1.36. The van der Waals surface area contributed by atoms with E-state index < -0.39 is 0 Å². The third-order valence-electron chi connectivity index (χ3n) is 5.33. The number of urea groups is 1. The van der Waals surface area contributed by atoms with Crippen molar-refractivity contribution >= 4 is 17.8 Å². The standard InChI is InChI=1S/C21H24N4O3/c1-14-6-4-10-22-19(14)24-20(26)15-7-5-11-25(12-15)21(27)23-17-13-28-18-9-3-2-8-16(17)18/h2-4,6,8-10,15,17H,5,7,11-13H2,1H3,(H,23,27)(H,22,24,26). The molecule has 0 spiro atoms. The van der Waals surface area contributed by atoms with Crippen LogP contribution in [0, 0.1) is 12.8 Å². The zero-order valence-electron chi connectivity index (χ0n) is 15.9. The Morgan fingerprint density at radius 3 is 2.93 bits per heavy atom. The van der Waals surface area contributed by atoms with Gasteiger partial charge in [-0.05, 0) is 37.5 Å². The number of piperidine rings is 1. The van der Waals surface area contributed by atoms with Gasteiger partial charge >= 0.3 is 6.03 Å². The number of likely N-dealkylation sites (tertiary alicyclic amines) is 1. The zero-order chi connectivity index (χ0) is 19.5. The second-order valence-electron chi connectivity index (χ2n) is 7.29. The van der Waals surface area contributed by atoms with E-state index in [1.54, 1.807) is 11.1 Å². The normalized spacial score (nSPS) is 20.8. The lowest BCUT2D eigenvalue weighted by molar-refractivity contribution is -0.121. The largest absolute Gasteiger partial charge is 0.491 e. The van der Waals surface area contributed by atoms with Crippen molar-refractivity contribution in [2.24, 2.45) is 5.92 Å². The van der Waals surface area contributed by atoms with Crippen molar-refractivity contribution in [3.05, 3.63) is 53.7 Å². The second kappa shape index (κ2) is 7.88. The summed E-state index contributed by atoms with van der Waals surface area (Å²) in [4.78, 5) is 31.4. The predicted molar refractivity (Wildman–Crippen MR) is 105 cm³/mol. The van der Waals surface area contributed by atoms with Crippen molar-refractivity contribution in [1.82, 2.24) is 15.2 Å². The van der Waals surface area contributed by atoms with Crippen molar-refractivity contribution < 1.29 is 14.3 Å². The Morgan fingerprint density at radius 1 is 1.21 bits per heavy atom. The number of benzene rings is 1. The summed E-state index contributed by atoms with van der Waals surface area (Å²) in [5.41, 5.74) is 1.91. The summed E-state index contributed by atoms with van der Waals surface area (Å²) in [6.07, 6.45) is 3.21. The fourth-order valence-corrected chi connectivity index (χ4v) is 3.73. The van der Waals surface area contributed by atoms with Gasteiger partial charge in [0.15, 0.2) is 0 Å². The minimum absolute atomic E-state index is 0.0890. The number of hydrogen-bond donors (Lipinski definition) is 2. The molecule has 2 atom stereocenters. The van der Waals surface area contributed by atoms with Gasteiger partial charge < -0.3 is 20.3 Å². The Hall–Kier alpha value is -3.09. The average molecular weight is 380 g/mol. The molecule has 0 bridgehead atoms. The summed E-state index contributed by atoms with van der Waals surface area (Å²) < 4.78 is 5.63. The first-order valence-electron chi connectivity index (χ1n) is 9.61. The van der Waals surface area contributed by atoms with Crippen molar-refractivity contribution in [3.8, 4) is 5.75 Å². The number of carbonyl (C=O) groups excluding carboxylic acids is 2. The molecule has 2 aliphatic rings. The number of nitrogens with one attached hydrogen (secondary N) is 2. The number of amides is 3. The fraction of sp³-hybridized carbons (Fsp3) is 0.381. The first-order chi connectivity index (χ1) is 13.6. The smallest absolute Gasteiger partial charge is 0.318 e. The third-order valence-corrected chi connectivity index (χ3v) is 5.33. The highest BCUT2D eigenvalue weighted by molar-refractivity contribution is 5.92. The molecule has 7 nitrogen and oxygen atoms in total. The van der Waals surface area contributed by atoms with Crippen molar-refractivity contribution in [1.29, 1.82) is 0 Å². The van der Waals surface area contributed by atoms with Gasteiger partial charge in [-0.2, -0.15) is 0 Å². The number of rotatable bonds is 3. The topological polar surface area (TPSA) is 83.6 Å². The van der Waals surface area contributed by atoms with Crippen LogP contribution in [0.25, 0.3) is 0 Å². The predicted octanol–water partition coefficient (Wildman–Crippen LogP) is 2.88. The molecule has 0 saturated carbocycles. The van der Waals surface area contributed by atoms with Gasteiger partial charge in [0, 0.05) is 24.8 Å². The number of anilines is 1. The van der Waals surface area contributed by atoms with Crippen molar-refractivity contribution in [3.63, 3.8) is 0 Å². The molecule has 0 radical (unpaired) electrons. The van der Waals surface area contributed by atoms with E-state index in [1.807, 2.05) is 43.3 Å². The maximum absolute atomic E-state index is 12.8.